The molecule has 0 unspecified atom stereocenters. The van der Waals surface area contributed by atoms with Crippen molar-refractivity contribution in [2.45, 2.75) is 77.6 Å². The summed E-state index contributed by atoms with van der Waals surface area (Å²) in [6.45, 7) is 2.09. The lowest BCUT2D eigenvalue weighted by atomic mass is 9.87. The number of unbranched alkanes of at least 4 members (excludes halogenated alkanes) is 2. The molecule has 0 aliphatic rings. The molecule has 0 saturated carbocycles. The quantitative estimate of drug-likeness (QED) is 0.161. The number of hydrogen-bond acceptors (Lipinski definition) is 4. The molecule has 0 aliphatic heterocycles. The van der Waals surface area contributed by atoms with Crippen molar-refractivity contribution in [2.75, 3.05) is 6.61 Å². The topological polar surface area (TPSA) is 94.8 Å². The third-order valence-electron chi connectivity index (χ3n) is 5.90. The molecule has 0 aromatic heterocycles. The summed E-state index contributed by atoms with van der Waals surface area (Å²) >= 11 is 0. The van der Waals surface area contributed by atoms with E-state index in [1.807, 2.05) is 19.1 Å². The van der Waals surface area contributed by atoms with Crippen LogP contribution in [-0.2, 0) is 16.0 Å². The van der Waals surface area contributed by atoms with Crippen LogP contribution in [0.15, 0.2) is 36.4 Å². The van der Waals surface area contributed by atoms with Crippen molar-refractivity contribution in [1.82, 2.24) is 0 Å². The first-order valence-corrected chi connectivity index (χ1v) is 11.7. The molecule has 1 rings (SSSR count). The second kappa shape index (κ2) is 16.5. The molecule has 0 amide bonds. The zero-order valence-corrected chi connectivity index (χ0v) is 18.9. The lowest BCUT2D eigenvalue weighted by molar-refractivity contribution is -0.131. The van der Waals surface area contributed by atoms with Crippen LogP contribution in [0.2, 0.25) is 0 Å². The Balaban J connectivity index is 2.56. The molecule has 1 aromatic rings. The Bertz CT molecular complexity index is 638. The molecule has 0 saturated heterocycles. The fourth-order valence-corrected chi connectivity index (χ4v) is 4.04. The van der Waals surface area contributed by atoms with Crippen LogP contribution in [0.4, 0.5) is 0 Å². The maximum Gasteiger partial charge on any atom is 0.327 e. The van der Waals surface area contributed by atoms with Gasteiger partial charge in [-0.25, -0.2) is 4.79 Å². The van der Waals surface area contributed by atoms with E-state index in [0.29, 0.717) is 12.3 Å². The average molecular weight is 433 g/mol. The van der Waals surface area contributed by atoms with Crippen molar-refractivity contribution in [3.63, 3.8) is 0 Å². The van der Waals surface area contributed by atoms with E-state index in [9.17, 15) is 14.7 Å². The second-order valence-corrected chi connectivity index (χ2v) is 8.74. The fourth-order valence-electron chi connectivity index (χ4n) is 4.04. The van der Waals surface area contributed by atoms with Crippen molar-refractivity contribution in [1.29, 1.82) is 0 Å². The van der Waals surface area contributed by atoms with Crippen LogP contribution >= 0.6 is 0 Å². The Morgan fingerprint density at radius 2 is 1.58 bits per heavy atom. The number of benzene rings is 1. The number of aliphatic hydroxyl groups is 1. The SMILES string of the molecule is C[C@H](C=O)CCCCC[C@H](CCC[C@H](C=CC(=O)O)CCCO)Cc1ccc(O)cc1. The van der Waals surface area contributed by atoms with Crippen LogP contribution in [-0.4, -0.2) is 34.2 Å². The first-order valence-electron chi connectivity index (χ1n) is 11.7. The van der Waals surface area contributed by atoms with E-state index >= 15 is 0 Å². The molecule has 174 valence electrons. The first kappa shape index (κ1) is 26.9. The van der Waals surface area contributed by atoms with Crippen LogP contribution in [0.5, 0.6) is 5.75 Å². The molecule has 0 spiro atoms. The van der Waals surface area contributed by atoms with Gasteiger partial charge in [-0.15, -0.1) is 0 Å². The van der Waals surface area contributed by atoms with Gasteiger partial charge in [-0.2, -0.15) is 0 Å². The van der Waals surface area contributed by atoms with Gasteiger partial charge in [0.05, 0.1) is 0 Å². The van der Waals surface area contributed by atoms with Gasteiger partial charge in [-0.05, 0) is 61.6 Å². The van der Waals surface area contributed by atoms with Crippen molar-refractivity contribution >= 4 is 12.3 Å². The lowest BCUT2D eigenvalue weighted by Gasteiger charge is -2.19. The van der Waals surface area contributed by atoms with Crippen LogP contribution in [0, 0.1) is 17.8 Å². The molecule has 0 heterocycles. The molecular weight excluding hydrogens is 392 g/mol. The fraction of sp³-hybridized carbons (Fsp3) is 0.615. The highest BCUT2D eigenvalue weighted by Crippen LogP contribution is 2.25. The van der Waals surface area contributed by atoms with E-state index in [0.717, 1.165) is 70.5 Å². The minimum atomic E-state index is -0.928. The number of phenols is 1. The van der Waals surface area contributed by atoms with Crippen molar-refractivity contribution < 1.29 is 24.9 Å². The van der Waals surface area contributed by atoms with E-state index < -0.39 is 5.97 Å². The summed E-state index contributed by atoms with van der Waals surface area (Å²) < 4.78 is 0. The van der Waals surface area contributed by atoms with E-state index in [-0.39, 0.29) is 24.2 Å². The number of rotatable bonds is 18. The summed E-state index contributed by atoms with van der Waals surface area (Å²) in [6, 6.07) is 7.42. The Hall–Kier alpha value is -2.14. The number of carboxylic acid groups (broad SMARTS) is 1. The number of carbonyl (C=O) groups is 2. The maximum absolute atomic E-state index is 10.8. The summed E-state index contributed by atoms with van der Waals surface area (Å²) in [4.78, 5) is 21.6. The molecule has 5 heteroatoms. The van der Waals surface area contributed by atoms with E-state index in [4.69, 9.17) is 10.2 Å². The number of phenolic OH excluding ortho intramolecular Hbond substituents is 1. The normalized spacial score (nSPS) is 14.4. The van der Waals surface area contributed by atoms with Gasteiger partial charge in [0.25, 0.3) is 0 Å². The third-order valence-corrected chi connectivity index (χ3v) is 5.90. The van der Waals surface area contributed by atoms with E-state index in [1.165, 1.54) is 11.6 Å². The van der Waals surface area contributed by atoms with Gasteiger partial charge in [0, 0.05) is 18.6 Å². The van der Waals surface area contributed by atoms with Crippen molar-refractivity contribution in [2.24, 2.45) is 17.8 Å². The van der Waals surface area contributed by atoms with E-state index in [1.54, 1.807) is 18.2 Å². The minimum absolute atomic E-state index is 0.129. The molecule has 0 fully saturated rings. The number of aliphatic carboxylic acids is 1. The number of carboxylic acids is 1. The second-order valence-electron chi connectivity index (χ2n) is 8.74. The molecule has 0 radical (unpaired) electrons. The highest BCUT2D eigenvalue weighted by atomic mass is 16.4. The molecule has 3 N–H and O–H groups in total. The summed E-state index contributed by atoms with van der Waals surface area (Å²) in [5.74, 6) is 0.213. The average Bonchev–Trinajstić information content (AvgIpc) is 2.75. The summed E-state index contributed by atoms with van der Waals surface area (Å²) in [5.41, 5.74) is 1.22. The Labute approximate surface area is 187 Å². The number of aldehydes is 1. The Morgan fingerprint density at radius 1 is 0.935 bits per heavy atom. The van der Waals surface area contributed by atoms with Gasteiger partial charge in [-0.1, -0.05) is 63.7 Å². The monoisotopic (exact) mass is 432 g/mol. The Kier molecular flexibility index (Phi) is 14.3. The smallest absolute Gasteiger partial charge is 0.327 e. The van der Waals surface area contributed by atoms with Crippen LogP contribution in [0.25, 0.3) is 0 Å². The highest BCUT2D eigenvalue weighted by molar-refractivity contribution is 5.79. The first-order chi connectivity index (χ1) is 14.9. The van der Waals surface area contributed by atoms with Gasteiger partial charge >= 0.3 is 5.97 Å². The van der Waals surface area contributed by atoms with Gasteiger partial charge in [-0.3, -0.25) is 0 Å². The van der Waals surface area contributed by atoms with Crippen LogP contribution in [0.1, 0.15) is 76.7 Å². The predicted molar refractivity (Wildman–Crippen MR) is 124 cm³/mol. The molecular formula is C26H40O5. The lowest BCUT2D eigenvalue weighted by Crippen LogP contribution is -2.07. The number of carbonyl (C=O) groups excluding carboxylic acids is 1. The van der Waals surface area contributed by atoms with Crippen molar-refractivity contribution in [3.05, 3.63) is 42.0 Å². The predicted octanol–water partition coefficient (Wildman–Crippen LogP) is 5.54. The number of aromatic hydroxyl groups is 1. The van der Waals surface area contributed by atoms with Crippen LogP contribution in [0.3, 0.4) is 0 Å². The number of allylic oxidation sites excluding steroid dienone is 1. The summed E-state index contributed by atoms with van der Waals surface area (Å²) in [6.07, 6.45) is 14.9. The van der Waals surface area contributed by atoms with Crippen molar-refractivity contribution in [3.8, 4) is 5.75 Å². The molecule has 0 bridgehead atoms. The van der Waals surface area contributed by atoms with Gasteiger partial charge in [0.15, 0.2) is 0 Å². The molecule has 3 atom stereocenters. The molecule has 31 heavy (non-hydrogen) atoms. The third kappa shape index (κ3) is 13.7. The minimum Gasteiger partial charge on any atom is -0.508 e. The summed E-state index contributed by atoms with van der Waals surface area (Å²) in [7, 11) is 0. The number of aliphatic hydroxyl groups excluding tert-OH is 1. The molecule has 0 aliphatic carbocycles. The number of hydrogen-bond donors (Lipinski definition) is 3. The Morgan fingerprint density at radius 3 is 2.23 bits per heavy atom. The van der Waals surface area contributed by atoms with Crippen LogP contribution < -0.4 is 0 Å². The largest absolute Gasteiger partial charge is 0.508 e. The zero-order chi connectivity index (χ0) is 22.9. The van der Waals surface area contributed by atoms with Gasteiger partial charge in [0.2, 0.25) is 0 Å². The highest BCUT2D eigenvalue weighted by Gasteiger charge is 2.13. The van der Waals surface area contributed by atoms with Gasteiger partial charge in [0.1, 0.15) is 12.0 Å². The standard InChI is InChI=1S/C26H40O5/c1-21(20-28)7-3-2-4-8-23(19-24-12-15-25(29)16-13-24)10-5-9-22(11-6-18-27)14-17-26(30)31/h12-17,20-23,27,29H,2-11,18-19H2,1H3,(H,30,31)/t21-,22-,23+/m0/s1. The molecule has 5 nitrogen and oxygen atoms in total. The maximum atomic E-state index is 10.8. The van der Waals surface area contributed by atoms with E-state index in [2.05, 4.69) is 0 Å². The molecule has 1 aromatic carbocycles. The zero-order valence-electron chi connectivity index (χ0n) is 18.9. The summed E-state index contributed by atoms with van der Waals surface area (Å²) in [5, 5.41) is 27.5. The van der Waals surface area contributed by atoms with Gasteiger partial charge < -0.3 is 20.1 Å².